The molecule has 0 radical (unpaired) electrons. The molecule has 1 aromatic rings. The zero-order chi connectivity index (χ0) is 16.4. The Kier molecular flexibility index (Phi) is 8.60. The molecule has 0 heterocycles. The van der Waals surface area contributed by atoms with Crippen molar-refractivity contribution in [3.63, 3.8) is 0 Å². The van der Waals surface area contributed by atoms with Crippen molar-refractivity contribution < 1.29 is 19.4 Å². The topological polar surface area (TPSA) is 55.8 Å². The number of benzene rings is 1. The van der Waals surface area contributed by atoms with Crippen molar-refractivity contribution in [3.8, 4) is 5.75 Å². The smallest absolute Gasteiger partial charge is 0.335 e. The highest BCUT2D eigenvalue weighted by atomic mass is 16.5. The number of carbonyl (C=O) groups is 1. The fourth-order valence-electron chi connectivity index (χ4n) is 2.30. The van der Waals surface area contributed by atoms with Crippen LogP contribution in [-0.2, 0) is 16.0 Å². The lowest BCUT2D eigenvalue weighted by molar-refractivity contribution is -0.155. The molecule has 1 rings (SSSR count). The molecular weight excluding hydrogens is 280 g/mol. The first-order valence-corrected chi connectivity index (χ1v) is 8.08. The van der Waals surface area contributed by atoms with Gasteiger partial charge in [-0.1, -0.05) is 45.2 Å². The van der Waals surface area contributed by atoms with Crippen molar-refractivity contribution in [3.05, 3.63) is 29.8 Å². The van der Waals surface area contributed by atoms with E-state index in [4.69, 9.17) is 9.47 Å². The van der Waals surface area contributed by atoms with E-state index in [-0.39, 0.29) is 6.42 Å². The van der Waals surface area contributed by atoms with E-state index in [2.05, 4.69) is 13.8 Å². The molecule has 2 atom stereocenters. The molecule has 4 heteroatoms. The van der Waals surface area contributed by atoms with E-state index in [1.165, 1.54) is 0 Å². The molecule has 0 amide bonds. The Balaban J connectivity index is 2.43. The summed E-state index contributed by atoms with van der Waals surface area (Å²) in [4.78, 5) is 11.9. The number of methoxy groups -OCH3 is 1. The molecule has 2 unspecified atom stereocenters. The molecule has 0 fully saturated rings. The first-order chi connectivity index (χ1) is 10.6. The maximum absolute atomic E-state index is 11.9. The van der Waals surface area contributed by atoms with E-state index >= 15 is 0 Å². The minimum Gasteiger partial charge on any atom is -0.497 e. The second-order valence-electron chi connectivity index (χ2n) is 5.62. The lowest BCUT2D eigenvalue weighted by Crippen LogP contribution is -2.27. The second kappa shape index (κ2) is 10.2. The Morgan fingerprint density at radius 2 is 2.09 bits per heavy atom. The van der Waals surface area contributed by atoms with Gasteiger partial charge >= 0.3 is 5.97 Å². The average molecular weight is 308 g/mol. The number of ether oxygens (including phenoxy) is 2. The van der Waals surface area contributed by atoms with Gasteiger partial charge in [0.1, 0.15) is 5.75 Å². The summed E-state index contributed by atoms with van der Waals surface area (Å²) >= 11 is 0. The maximum atomic E-state index is 11.9. The number of carbonyl (C=O) groups excluding carboxylic acids is 1. The molecule has 4 nitrogen and oxygen atoms in total. The van der Waals surface area contributed by atoms with E-state index in [1.54, 1.807) is 7.11 Å². The molecule has 124 valence electrons. The lowest BCUT2D eigenvalue weighted by Gasteiger charge is -2.16. The lowest BCUT2D eigenvalue weighted by atomic mass is 10.0. The summed E-state index contributed by atoms with van der Waals surface area (Å²) in [7, 11) is 1.59. The fourth-order valence-corrected chi connectivity index (χ4v) is 2.30. The number of hydrogen-bond acceptors (Lipinski definition) is 4. The van der Waals surface area contributed by atoms with Gasteiger partial charge in [0.2, 0.25) is 0 Å². The Labute approximate surface area is 133 Å². The highest BCUT2D eigenvalue weighted by Crippen LogP contribution is 2.16. The van der Waals surface area contributed by atoms with Crippen LogP contribution in [0.4, 0.5) is 0 Å². The average Bonchev–Trinajstić information content (AvgIpc) is 2.54. The predicted octanol–water partition coefficient (Wildman–Crippen LogP) is 3.36. The van der Waals surface area contributed by atoms with Gasteiger partial charge in [0.25, 0.3) is 0 Å². The van der Waals surface area contributed by atoms with E-state index in [1.807, 2.05) is 24.3 Å². The Morgan fingerprint density at radius 1 is 1.32 bits per heavy atom. The van der Waals surface area contributed by atoms with Gasteiger partial charge in [0.05, 0.1) is 13.7 Å². The Hall–Kier alpha value is -1.55. The van der Waals surface area contributed by atoms with Gasteiger partial charge in [-0.05, 0) is 30.0 Å². The normalized spacial score (nSPS) is 13.5. The number of aliphatic hydroxyl groups is 1. The van der Waals surface area contributed by atoms with Crippen LogP contribution in [0.25, 0.3) is 0 Å². The Bertz CT molecular complexity index is 444. The third kappa shape index (κ3) is 6.48. The molecule has 22 heavy (non-hydrogen) atoms. The van der Waals surface area contributed by atoms with Gasteiger partial charge in [0, 0.05) is 6.42 Å². The molecule has 0 aliphatic carbocycles. The summed E-state index contributed by atoms with van der Waals surface area (Å²) in [6.07, 6.45) is 3.44. The van der Waals surface area contributed by atoms with Crippen LogP contribution in [-0.4, -0.2) is 30.9 Å². The monoisotopic (exact) mass is 308 g/mol. The van der Waals surface area contributed by atoms with E-state index in [0.717, 1.165) is 31.2 Å². The standard InChI is InChI=1S/C18H28O4/c1-4-6-8-14(5-2)13-22-18(20)17(19)12-15-9-7-10-16(11-15)21-3/h7,9-11,14,17,19H,4-6,8,12-13H2,1-3H3. The summed E-state index contributed by atoms with van der Waals surface area (Å²) in [5.74, 6) is 0.550. The summed E-state index contributed by atoms with van der Waals surface area (Å²) in [5.41, 5.74) is 0.849. The van der Waals surface area contributed by atoms with E-state index in [9.17, 15) is 9.90 Å². The molecule has 0 spiro atoms. The van der Waals surface area contributed by atoms with Crippen LogP contribution in [0.3, 0.4) is 0 Å². The molecule has 0 aromatic heterocycles. The molecule has 0 saturated heterocycles. The van der Waals surface area contributed by atoms with Crippen LogP contribution in [0, 0.1) is 5.92 Å². The summed E-state index contributed by atoms with van der Waals surface area (Å²) in [6.45, 7) is 4.64. The first-order valence-electron chi connectivity index (χ1n) is 8.08. The zero-order valence-electron chi connectivity index (χ0n) is 13.9. The van der Waals surface area contributed by atoms with E-state index in [0.29, 0.717) is 18.3 Å². The summed E-state index contributed by atoms with van der Waals surface area (Å²) in [5, 5.41) is 9.98. The van der Waals surface area contributed by atoms with Crippen LogP contribution in [0.1, 0.15) is 45.1 Å². The van der Waals surface area contributed by atoms with Gasteiger partial charge in [-0.2, -0.15) is 0 Å². The van der Waals surface area contributed by atoms with Crippen molar-refractivity contribution in [2.24, 2.45) is 5.92 Å². The van der Waals surface area contributed by atoms with Gasteiger partial charge in [0.15, 0.2) is 6.10 Å². The zero-order valence-corrected chi connectivity index (χ0v) is 13.9. The van der Waals surface area contributed by atoms with Crippen molar-refractivity contribution in [1.29, 1.82) is 0 Å². The van der Waals surface area contributed by atoms with Crippen LogP contribution in [0.2, 0.25) is 0 Å². The van der Waals surface area contributed by atoms with Gasteiger partial charge in [-0.15, -0.1) is 0 Å². The number of unbranched alkanes of at least 4 members (excludes halogenated alkanes) is 1. The van der Waals surface area contributed by atoms with Crippen LogP contribution in [0.5, 0.6) is 5.75 Å². The molecule has 0 aliphatic heterocycles. The SMILES string of the molecule is CCCCC(CC)COC(=O)C(O)Cc1cccc(OC)c1. The molecule has 0 bridgehead atoms. The summed E-state index contributed by atoms with van der Waals surface area (Å²) in [6, 6.07) is 7.33. The third-order valence-corrected chi connectivity index (χ3v) is 3.84. The fraction of sp³-hybridized carbons (Fsp3) is 0.611. The van der Waals surface area contributed by atoms with Crippen LogP contribution >= 0.6 is 0 Å². The van der Waals surface area contributed by atoms with Crippen molar-refractivity contribution in [1.82, 2.24) is 0 Å². The van der Waals surface area contributed by atoms with Crippen molar-refractivity contribution in [2.45, 2.75) is 52.1 Å². The van der Waals surface area contributed by atoms with Gasteiger partial charge < -0.3 is 14.6 Å². The predicted molar refractivity (Wildman–Crippen MR) is 87.0 cm³/mol. The van der Waals surface area contributed by atoms with Crippen LogP contribution in [0.15, 0.2) is 24.3 Å². The minimum atomic E-state index is -1.13. The first kappa shape index (κ1) is 18.5. The number of hydrogen-bond donors (Lipinski definition) is 1. The maximum Gasteiger partial charge on any atom is 0.335 e. The highest BCUT2D eigenvalue weighted by molar-refractivity contribution is 5.74. The molecule has 1 aromatic carbocycles. The highest BCUT2D eigenvalue weighted by Gasteiger charge is 2.19. The summed E-state index contributed by atoms with van der Waals surface area (Å²) < 4.78 is 10.4. The molecule has 0 aliphatic rings. The van der Waals surface area contributed by atoms with Gasteiger partial charge in [-0.3, -0.25) is 0 Å². The number of aliphatic hydroxyl groups excluding tert-OH is 1. The van der Waals surface area contributed by atoms with Crippen LogP contribution < -0.4 is 4.74 Å². The van der Waals surface area contributed by atoms with Crippen molar-refractivity contribution in [2.75, 3.05) is 13.7 Å². The Morgan fingerprint density at radius 3 is 2.73 bits per heavy atom. The molecule has 1 N–H and O–H groups in total. The number of esters is 1. The number of rotatable bonds is 10. The quantitative estimate of drug-likeness (QED) is 0.673. The second-order valence-corrected chi connectivity index (χ2v) is 5.62. The largest absolute Gasteiger partial charge is 0.497 e. The van der Waals surface area contributed by atoms with E-state index < -0.39 is 12.1 Å². The molecular formula is C18H28O4. The van der Waals surface area contributed by atoms with Crippen molar-refractivity contribution >= 4 is 5.97 Å². The minimum absolute atomic E-state index is 0.238. The third-order valence-electron chi connectivity index (χ3n) is 3.84. The molecule has 0 saturated carbocycles. The van der Waals surface area contributed by atoms with Gasteiger partial charge in [-0.25, -0.2) is 4.79 Å².